The number of sulfonamides is 1. The van der Waals surface area contributed by atoms with Crippen molar-refractivity contribution >= 4 is 31.6 Å². The molecule has 1 aliphatic heterocycles. The van der Waals surface area contributed by atoms with Crippen LogP contribution in [0.1, 0.15) is 33.1 Å². The van der Waals surface area contributed by atoms with Crippen molar-refractivity contribution in [3.8, 4) is 0 Å². The third kappa shape index (κ3) is 3.35. The molecule has 1 heterocycles. The van der Waals surface area contributed by atoms with Crippen LogP contribution in [-0.2, 0) is 10.0 Å². The van der Waals surface area contributed by atoms with E-state index in [2.05, 4.69) is 29.8 Å². The second kappa shape index (κ2) is 5.66. The quantitative estimate of drug-likeness (QED) is 0.823. The predicted molar refractivity (Wildman–Crippen MR) is 84.9 cm³/mol. The summed E-state index contributed by atoms with van der Waals surface area (Å²) in [5.74, 6) is 0. The van der Waals surface area contributed by atoms with Gasteiger partial charge in [-0.3, -0.25) is 0 Å². The minimum atomic E-state index is -3.51. The average molecular weight is 361 g/mol. The summed E-state index contributed by atoms with van der Waals surface area (Å²) in [5.41, 5.74) is 6.35. The van der Waals surface area contributed by atoms with Crippen LogP contribution in [0.4, 0.5) is 5.69 Å². The Labute approximate surface area is 129 Å². The Kier molecular flexibility index (Phi) is 4.47. The van der Waals surface area contributed by atoms with E-state index in [1.54, 1.807) is 22.5 Å². The van der Waals surface area contributed by atoms with Gasteiger partial charge in [-0.05, 0) is 42.9 Å². The van der Waals surface area contributed by atoms with Crippen LogP contribution in [0.3, 0.4) is 0 Å². The van der Waals surface area contributed by atoms with Crippen LogP contribution in [0, 0.1) is 5.41 Å². The van der Waals surface area contributed by atoms with Crippen LogP contribution in [0.2, 0.25) is 0 Å². The van der Waals surface area contributed by atoms with E-state index in [0.29, 0.717) is 18.8 Å². The summed E-state index contributed by atoms with van der Waals surface area (Å²) in [5, 5.41) is 0. The highest BCUT2D eigenvalue weighted by Crippen LogP contribution is 2.33. The first-order valence-corrected chi connectivity index (χ1v) is 9.01. The molecule has 4 nitrogen and oxygen atoms in total. The van der Waals surface area contributed by atoms with Gasteiger partial charge in [0.15, 0.2) is 0 Å². The van der Waals surface area contributed by atoms with E-state index in [9.17, 15) is 8.42 Å². The van der Waals surface area contributed by atoms with Gasteiger partial charge in [-0.1, -0.05) is 29.8 Å². The Morgan fingerprint density at radius 1 is 1.25 bits per heavy atom. The Bertz CT molecular complexity index is 599. The molecule has 112 valence electrons. The predicted octanol–water partition coefficient (Wildman–Crippen LogP) is 3.23. The van der Waals surface area contributed by atoms with Gasteiger partial charge in [0.05, 0.1) is 5.69 Å². The molecule has 1 aliphatic rings. The van der Waals surface area contributed by atoms with Gasteiger partial charge in [0.1, 0.15) is 4.90 Å². The van der Waals surface area contributed by atoms with Crippen molar-refractivity contribution < 1.29 is 8.42 Å². The molecule has 1 aromatic carbocycles. The van der Waals surface area contributed by atoms with Gasteiger partial charge >= 0.3 is 0 Å². The number of hydrogen-bond acceptors (Lipinski definition) is 3. The minimum absolute atomic E-state index is 0.201. The summed E-state index contributed by atoms with van der Waals surface area (Å²) in [4.78, 5) is 0.201. The molecule has 0 saturated carbocycles. The zero-order valence-electron chi connectivity index (χ0n) is 11.9. The molecular formula is C14H21BrN2O2S. The fourth-order valence-electron chi connectivity index (χ4n) is 2.51. The maximum Gasteiger partial charge on any atom is 0.245 e. The molecule has 0 amide bonds. The SMILES string of the molecule is CC1(C)CCCN(S(=O)(=O)c2cc(Br)ccc2N)CC1. The highest BCUT2D eigenvalue weighted by atomic mass is 79.9. The lowest BCUT2D eigenvalue weighted by molar-refractivity contribution is 0.315. The molecule has 0 aliphatic carbocycles. The number of nitrogens with zero attached hydrogens (tertiary/aromatic N) is 1. The summed E-state index contributed by atoms with van der Waals surface area (Å²) < 4.78 is 27.8. The Balaban J connectivity index is 2.33. The average Bonchev–Trinajstić information content (AvgIpc) is 2.53. The highest BCUT2D eigenvalue weighted by Gasteiger charge is 2.31. The van der Waals surface area contributed by atoms with E-state index in [1.165, 1.54) is 0 Å². The summed E-state index contributed by atoms with van der Waals surface area (Å²) >= 11 is 3.31. The molecule has 20 heavy (non-hydrogen) atoms. The van der Waals surface area contributed by atoms with Gasteiger partial charge in [-0.15, -0.1) is 0 Å². The lowest BCUT2D eigenvalue weighted by Gasteiger charge is -2.23. The number of anilines is 1. The maximum atomic E-state index is 12.7. The molecule has 1 fully saturated rings. The van der Waals surface area contributed by atoms with Crippen LogP contribution in [0.15, 0.2) is 27.6 Å². The van der Waals surface area contributed by atoms with Crippen LogP contribution < -0.4 is 5.73 Å². The smallest absolute Gasteiger partial charge is 0.245 e. The van der Waals surface area contributed by atoms with E-state index in [0.717, 1.165) is 23.7 Å². The van der Waals surface area contributed by atoms with Gasteiger partial charge < -0.3 is 5.73 Å². The molecule has 0 radical (unpaired) electrons. The fraction of sp³-hybridized carbons (Fsp3) is 0.571. The first-order valence-electron chi connectivity index (χ1n) is 6.78. The van der Waals surface area contributed by atoms with Crippen molar-refractivity contribution in [1.29, 1.82) is 0 Å². The molecule has 0 atom stereocenters. The van der Waals surface area contributed by atoms with Crippen molar-refractivity contribution in [2.24, 2.45) is 5.41 Å². The molecule has 2 N–H and O–H groups in total. The molecule has 0 bridgehead atoms. The highest BCUT2D eigenvalue weighted by molar-refractivity contribution is 9.10. The number of benzene rings is 1. The Morgan fingerprint density at radius 3 is 2.65 bits per heavy atom. The number of hydrogen-bond donors (Lipinski definition) is 1. The van der Waals surface area contributed by atoms with Crippen molar-refractivity contribution in [3.63, 3.8) is 0 Å². The van der Waals surface area contributed by atoms with Gasteiger partial charge in [0.2, 0.25) is 10.0 Å². The summed E-state index contributed by atoms with van der Waals surface area (Å²) in [7, 11) is -3.51. The fourth-order valence-corrected chi connectivity index (χ4v) is 4.64. The zero-order chi connectivity index (χ0) is 15.0. The van der Waals surface area contributed by atoms with E-state index in [-0.39, 0.29) is 10.3 Å². The molecule has 0 unspecified atom stereocenters. The van der Waals surface area contributed by atoms with E-state index >= 15 is 0 Å². The summed E-state index contributed by atoms with van der Waals surface area (Å²) in [6.45, 7) is 5.51. The van der Waals surface area contributed by atoms with Crippen molar-refractivity contribution in [2.45, 2.75) is 38.0 Å². The molecule has 1 aromatic rings. The molecule has 0 aromatic heterocycles. The number of nitrogen functional groups attached to an aromatic ring is 1. The normalized spacial score (nSPS) is 20.6. The number of nitrogens with two attached hydrogens (primary N) is 1. The van der Waals surface area contributed by atoms with E-state index < -0.39 is 10.0 Å². The molecule has 2 rings (SSSR count). The molecular weight excluding hydrogens is 340 g/mol. The third-order valence-corrected chi connectivity index (χ3v) is 6.34. The molecule has 1 saturated heterocycles. The zero-order valence-corrected chi connectivity index (χ0v) is 14.3. The minimum Gasteiger partial charge on any atom is -0.398 e. The largest absolute Gasteiger partial charge is 0.398 e. The van der Waals surface area contributed by atoms with Crippen molar-refractivity contribution in [3.05, 3.63) is 22.7 Å². The lowest BCUT2D eigenvalue weighted by Crippen LogP contribution is -2.33. The second-order valence-electron chi connectivity index (χ2n) is 6.10. The third-order valence-electron chi connectivity index (χ3n) is 3.89. The van der Waals surface area contributed by atoms with E-state index in [1.807, 2.05) is 0 Å². The van der Waals surface area contributed by atoms with Gasteiger partial charge in [0, 0.05) is 17.6 Å². The summed E-state index contributed by atoms with van der Waals surface area (Å²) in [6.07, 6.45) is 2.81. The number of rotatable bonds is 2. The topological polar surface area (TPSA) is 63.4 Å². The van der Waals surface area contributed by atoms with Crippen molar-refractivity contribution in [1.82, 2.24) is 4.31 Å². The van der Waals surface area contributed by atoms with Crippen LogP contribution in [0.25, 0.3) is 0 Å². The summed E-state index contributed by atoms with van der Waals surface area (Å²) in [6, 6.07) is 4.96. The number of halogens is 1. The van der Waals surface area contributed by atoms with Gasteiger partial charge in [0.25, 0.3) is 0 Å². The first kappa shape index (κ1) is 15.8. The molecule has 6 heteroatoms. The van der Waals surface area contributed by atoms with Crippen LogP contribution in [-0.4, -0.2) is 25.8 Å². The first-order chi connectivity index (χ1) is 9.22. The molecule has 0 spiro atoms. The maximum absolute atomic E-state index is 12.7. The van der Waals surface area contributed by atoms with Gasteiger partial charge in [-0.2, -0.15) is 4.31 Å². The standard InChI is InChI=1S/C14H21BrN2O2S/c1-14(2)6-3-8-17(9-7-14)20(18,19)13-10-11(15)4-5-12(13)16/h4-5,10H,3,6-9,16H2,1-2H3. The Morgan fingerprint density at radius 2 is 1.95 bits per heavy atom. The second-order valence-corrected chi connectivity index (χ2v) is 8.93. The van der Waals surface area contributed by atoms with Crippen LogP contribution >= 0.6 is 15.9 Å². The van der Waals surface area contributed by atoms with Crippen molar-refractivity contribution in [2.75, 3.05) is 18.8 Å². The monoisotopic (exact) mass is 360 g/mol. The van der Waals surface area contributed by atoms with E-state index in [4.69, 9.17) is 5.73 Å². The van der Waals surface area contributed by atoms with Crippen LogP contribution in [0.5, 0.6) is 0 Å². The Hall–Kier alpha value is -0.590. The van der Waals surface area contributed by atoms with Gasteiger partial charge in [-0.25, -0.2) is 8.42 Å². The lowest BCUT2D eigenvalue weighted by atomic mass is 9.85.